The number of hydrogen-bond acceptors (Lipinski definition) is 8. The molecule has 3 aromatic carbocycles. The van der Waals surface area contributed by atoms with Crippen LogP contribution < -0.4 is 10.2 Å². The number of sulfone groups is 1. The van der Waals surface area contributed by atoms with E-state index in [2.05, 4.69) is 28.6 Å². The predicted molar refractivity (Wildman–Crippen MR) is 177 cm³/mol. The van der Waals surface area contributed by atoms with E-state index < -0.39 is 26.8 Å². The minimum Gasteiger partial charge on any atom is -0.494 e. The van der Waals surface area contributed by atoms with Crippen molar-refractivity contribution in [1.82, 2.24) is 10.4 Å². The Hall–Kier alpha value is -2.99. The highest BCUT2D eigenvalue weighted by Crippen LogP contribution is 2.37. The first-order valence-electron chi connectivity index (χ1n) is 15.9. The molecular weight excluding hydrogens is 628 g/mol. The number of methoxy groups -OCH3 is 1. The number of halogens is 1. The van der Waals surface area contributed by atoms with Crippen LogP contribution in [0, 0.1) is 0 Å². The summed E-state index contributed by atoms with van der Waals surface area (Å²) < 4.78 is 43.4. The number of aryl methyl sites for hydroxylation is 1. The topological polar surface area (TPSA) is 103 Å². The lowest BCUT2D eigenvalue weighted by Crippen LogP contribution is -2.58. The van der Waals surface area contributed by atoms with Crippen molar-refractivity contribution in [1.29, 1.82) is 0 Å². The summed E-state index contributed by atoms with van der Waals surface area (Å²) in [6, 6.07) is 22.5. The Morgan fingerprint density at radius 3 is 2.46 bits per heavy atom. The average molecular weight is 671 g/mol. The molecule has 0 aliphatic carbocycles. The largest absolute Gasteiger partial charge is 0.494 e. The molecule has 1 atom stereocenters. The van der Waals surface area contributed by atoms with Crippen LogP contribution in [0.4, 0.5) is 0 Å². The molecule has 3 aromatic rings. The van der Waals surface area contributed by atoms with Crippen molar-refractivity contribution in [2.75, 3.05) is 46.6 Å². The van der Waals surface area contributed by atoms with Crippen LogP contribution in [0.3, 0.4) is 0 Å². The van der Waals surface area contributed by atoms with E-state index in [4.69, 9.17) is 30.6 Å². The maximum atomic E-state index is 14.2. The van der Waals surface area contributed by atoms with E-state index in [1.165, 1.54) is 17.7 Å². The van der Waals surface area contributed by atoms with Gasteiger partial charge in [0, 0.05) is 44.8 Å². The van der Waals surface area contributed by atoms with Gasteiger partial charge in [-0.25, -0.2) is 18.7 Å². The maximum absolute atomic E-state index is 14.2. The highest BCUT2D eigenvalue weighted by atomic mass is 35.5. The van der Waals surface area contributed by atoms with Crippen molar-refractivity contribution in [2.45, 2.75) is 60.9 Å². The van der Waals surface area contributed by atoms with Crippen LogP contribution in [0.25, 0.3) is 11.1 Å². The van der Waals surface area contributed by atoms with Crippen LogP contribution in [-0.2, 0) is 35.4 Å². The van der Waals surface area contributed by atoms with E-state index in [1.54, 1.807) is 19.2 Å². The fourth-order valence-corrected chi connectivity index (χ4v) is 8.03. The third kappa shape index (κ3) is 8.48. The van der Waals surface area contributed by atoms with Gasteiger partial charge in [-0.1, -0.05) is 48.0 Å². The quantitative estimate of drug-likeness (QED) is 0.168. The van der Waals surface area contributed by atoms with Crippen molar-refractivity contribution >= 4 is 27.3 Å². The zero-order chi connectivity index (χ0) is 32.4. The number of benzene rings is 3. The second kappa shape index (κ2) is 16.2. The number of amides is 1. The monoisotopic (exact) mass is 670 g/mol. The summed E-state index contributed by atoms with van der Waals surface area (Å²) >= 11 is 6.03. The summed E-state index contributed by atoms with van der Waals surface area (Å²) in [6.45, 7) is 3.11. The number of rotatable bonds is 14. The van der Waals surface area contributed by atoms with Gasteiger partial charge >= 0.3 is 0 Å². The Morgan fingerprint density at radius 2 is 1.76 bits per heavy atom. The lowest BCUT2D eigenvalue weighted by atomic mass is 9.95. The van der Waals surface area contributed by atoms with Crippen molar-refractivity contribution < 1.29 is 32.3 Å². The summed E-state index contributed by atoms with van der Waals surface area (Å²) in [6.07, 6.45) is 3.81. The standard InChI is InChI=1S/C35H43ClN2O7S/c1-42-25-22-38-20-18-35(19-21-38,34(39)37-45-33-9-2-3-23-44-33)46(40,41)32-16-14-31(15-17-32)43-24-5-7-27-6-4-8-29(26-27)28-10-12-30(36)13-11-28/h4,6,8,10-17,26,33H,2-3,5,7,9,18-25H2,1H3,(H,37,39). The summed E-state index contributed by atoms with van der Waals surface area (Å²) in [5.41, 5.74) is 5.90. The Bertz CT molecular complexity index is 1520. The number of carbonyl (C=O) groups excluding carboxylic acids is 1. The van der Waals surface area contributed by atoms with E-state index in [-0.39, 0.29) is 17.7 Å². The van der Waals surface area contributed by atoms with Gasteiger partial charge in [0.1, 0.15) is 5.75 Å². The van der Waals surface area contributed by atoms with Crippen LogP contribution in [0.1, 0.15) is 44.1 Å². The molecule has 2 aliphatic heterocycles. The zero-order valence-electron chi connectivity index (χ0n) is 26.3. The number of ether oxygens (including phenoxy) is 3. The molecule has 0 aromatic heterocycles. The molecule has 2 aliphatic rings. The second-order valence-corrected chi connectivity index (χ2v) is 14.5. The van der Waals surface area contributed by atoms with Crippen molar-refractivity contribution in [3.05, 3.63) is 83.4 Å². The first-order chi connectivity index (χ1) is 22.3. The SMILES string of the molecule is COCCN1CCC(C(=O)NOC2CCCCO2)(S(=O)(=O)c2ccc(OCCCc3cccc(-c4ccc(Cl)cc4)c3)cc2)CC1. The molecule has 1 unspecified atom stereocenters. The van der Waals surface area contributed by atoms with E-state index >= 15 is 0 Å². The normalized spacial score (nSPS) is 18.6. The molecule has 1 N–H and O–H groups in total. The lowest BCUT2D eigenvalue weighted by molar-refractivity contribution is -0.202. The van der Waals surface area contributed by atoms with Crippen molar-refractivity contribution in [3.8, 4) is 16.9 Å². The molecule has 9 nitrogen and oxygen atoms in total. The predicted octanol–water partition coefficient (Wildman–Crippen LogP) is 5.85. The molecule has 11 heteroatoms. The fourth-order valence-electron chi connectivity index (χ4n) is 5.95. The summed E-state index contributed by atoms with van der Waals surface area (Å²) in [4.78, 5) is 21.4. The van der Waals surface area contributed by atoms with Gasteiger partial charge in [-0.2, -0.15) is 0 Å². The van der Waals surface area contributed by atoms with Gasteiger partial charge in [-0.05, 0) is 91.6 Å². The van der Waals surface area contributed by atoms with Gasteiger partial charge in [0.05, 0.1) is 18.1 Å². The molecule has 2 saturated heterocycles. The van der Waals surface area contributed by atoms with E-state index in [0.717, 1.165) is 36.8 Å². The molecule has 0 spiro atoms. The molecule has 0 radical (unpaired) electrons. The van der Waals surface area contributed by atoms with E-state index in [9.17, 15) is 13.2 Å². The first kappa shape index (κ1) is 34.3. The van der Waals surface area contributed by atoms with Crippen LogP contribution in [0.5, 0.6) is 5.75 Å². The van der Waals surface area contributed by atoms with Crippen LogP contribution in [-0.4, -0.2) is 76.8 Å². The number of likely N-dealkylation sites (tertiary alicyclic amines) is 1. The van der Waals surface area contributed by atoms with Crippen LogP contribution >= 0.6 is 11.6 Å². The highest BCUT2D eigenvalue weighted by molar-refractivity contribution is 7.93. The number of piperidine rings is 1. The molecule has 2 heterocycles. The summed E-state index contributed by atoms with van der Waals surface area (Å²) in [5.74, 6) is -0.0898. The van der Waals surface area contributed by atoms with E-state index in [0.29, 0.717) is 56.6 Å². The average Bonchev–Trinajstić information content (AvgIpc) is 3.09. The number of hydrogen-bond donors (Lipinski definition) is 1. The Morgan fingerprint density at radius 1 is 1.00 bits per heavy atom. The number of nitrogens with zero attached hydrogens (tertiary/aromatic N) is 1. The van der Waals surface area contributed by atoms with Gasteiger partial charge < -0.3 is 19.1 Å². The Balaban J connectivity index is 1.20. The molecule has 46 heavy (non-hydrogen) atoms. The smallest absolute Gasteiger partial charge is 0.265 e. The second-order valence-electron chi connectivity index (χ2n) is 11.8. The van der Waals surface area contributed by atoms with Gasteiger partial charge in [0.2, 0.25) is 0 Å². The Kier molecular flexibility index (Phi) is 12.1. The lowest BCUT2D eigenvalue weighted by Gasteiger charge is -2.40. The number of carbonyl (C=O) groups is 1. The molecule has 5 rings (SSSR count). The van der Waals surface area contributed by atoms with Gasteiger partial charge in [-0.3, -0.25) is 4.79 Å². The van der Waals surface area contributed by atoms with Gasteiger partial charge in [0.25, 0.3) is 5.91 Å². The zero-order valence-corrected chi connectivity index (χ0v) is 27.9. The third-order valence-electron chi connectivity index (χ3n) is 8.74. The highest BCUT2D eigenvalue weighted by Gasteiger charge is 2.53. The summed E-state index contributed by atoms with van der Waals surface area (Å²) in [7, 11) is -2.45. The molecular formula is C35H43ClN2O7S. The number of nitrogens with one attached hydrogen (secondary N) is 1. The van der Waals surface area contributed by atoms with Crippen molar-refractivity contribution in [2.24, 2.45) is 0 Å². The number of hydroxylamine groups is 1. The maximum Gasteiger partial charge on any atom is 0.265 e. The summed E-state index contributed by atoms with van der Waals surface area (Å²) in [5, 5.41) is 0.710. The minimum atomic E-state index is -4.08. The third-order valence-corrected chi connectivity index (χ3v) is 11.5. The fraction of sp³-hybridized carbons (Fsp3) is 0.457. The first-order valence-corrected chi connectivity index (χ1v) is 17.8. The molecule has 0 saturated carbocycles. The molecule has 0 bridgehead atoms. The minimum absolute atomic E-state index is 0.0771. The van der Waals surface area contributed by atoms with Crippen LogP contribution in [0.2, 0.25) is 5.02 Å². The molecule has 2 fully saturated rings. The Labute approximate surface area is 277 Å². The van der Waals surface area contributed by atoms with Crippen LogP contribution in [0.15, 0.2) is 77.7 Å². The van der Waals surface area contributed by atoms with Gasteiger partial charge in [0.15, 0.2) is 20.9 Å². The van der Waals surface area contributed by atoms with Gasteiger partial charge in [-0.15, -0.1) is 0 Å². The van der Waals surface area contributed by atoms with Crippen molar-refractivity contribution in [3.63, 3.8) is 0 Å². The molecule has 1 amide bonds. The van der Waals surface area contributed by atoms with E-state index in [1.807, 2.05) is 30.3 Å². The molecule has 248 valence electrons.